The second kappa shape index (κ2) is 9.05. The summed E-state index contributed by atoms with van der Waals surface area (Å²) in [7, 11) is 0. The maximum absolute atomic E-state index is 12.5. The third-order valence-electron chi connectivity index (χ3n) is 5.53. The molecule has 1 amide bonds. The molecule has 150 valence electrons. The van der Waals surface area contributed by atoms with Crippen LogP contribution in [-0.4, -0.2) is 53.5 Å². The first-order chi connectivity index (χ1) is 14.2. The number of benzene rings is 2. The molecule has 0 saturated carbocycles. The molecule has 4 rings (SSSR count). The molecule has 1 aromatic heterocycles. The lowest BCUT2D eigenvalue weighted by Crippen LogP contribution is -2.49. The van der Waals surface area contributed by atoms with Crippen LogP contribution in [0.5, 0.6) is 5.75 Å². The van der Waals surface area contributed by atoms with Crippen LogP contribution in [0.15, 0.2) is 60.8 Å². The predicted octanol–water partition coefficient (Wildman–Crippen LogP) is 3.52. The third kappa shape index (κ3) is 4.74. The summed E-state index contributed by atoms with van der Waals surface area (Å²) < 4.78 is 5.68. The second-order valence-electron chi connectivity index (χ2n) is 7.44. The van der Waals surface area contributed by atoms with Gasteiger partial charge in [0.15, 0.2) is 6.61 Å². The molecule has 0 N–H and O–H groups in total. The summed E-state index contributed by atoms with van der Waals surface area (Å²) in [6, 6.07) is 18.3. The van der Waals surface area contributed by atoms with E-state index in [0.717, 1.165) is 50.4 Å². The number of carbonyl (C=O) groups is 1. The Bertz CT molecular complexity index is 958. The number of aromatic nitrogens is 1. The average molecular weight is 389 g/mol. The van der Waals surface area contributed by atoms with Crippen molar-refractivity contribution >= 4 is 16.8 Å². The van der Waals surface area contributed by atoms with Gasteiger partial charge in [0, 0.05) is 44.3 Å². The van der Waals surface area contributed by atoms with Crippen molar-refractivity contribution < 1.29 is 9.53 Å². The number of pyridine rings is 1. The van der Waals surface area contributed by atoms with E-state index in [9.17, 15) is 4.79 Å². The van der Waals surface area contributed by atoms with E-state index in [1.807, 2.05) is 41.4 Å². The molecule has 0 bridgehead atoms. The Morgan fingerprint density at radius 3 is 2.52 bits per heavy atom. The first-order valence-electron chi connectivity index (χ1n) is 10.3. The smallest absolute Gasteiger partial charge is 0.260 e. The van der Waals surface area contributed by atoms with E-state index in [0.29, 0.717) is 0 Å². The lowest BCUT2D eigenvalue weighted by atomic mass is 10.1. The maximum atomic E-state index is 12.5. The van der Waals surface area contributed by atoms with Crippen LogP contribution in [0.3, 0.4) is 0 Å². The van der Waals surface area contributed by atoms with Gasteiger partial charge in [-0.3, -0.25) is 14.7 Å². The van der Waals surface area contributed by atoms with Crippen LogP contribution >= 0.6 is 0 Å². The molecular weight excluding hydrogens is 362 g/mol. The molecule has 5 heteroatoms. The van der Waals surface area contributed by atoms with E-state index in [4.69, 9.17) is 4.74 Å². The van der Waals surface area contributed by atoms with Crippen LogP contribution in [0.1, 0.15) is 18.1 Å². The topological polar surface area (TPSA) is 45.7 Å². The van der Waals surface area contributed by atoms with Crippen LogP contribution < -0.4 is 4.74 Å². The summed E-state index contributed by atoms with van der Waals surface area (Å²) >= 11 is 0. The van der Waals surface area contributed by atoms with Gasteiger partial charge in [-0.1, -0.05) is 43.3 Å². The molecule has 2 aromatic carbocycles. The lowest BCUT2D eigenvalue weighted by Gasteiger charge is -2.34. The van der Waals surface area contributed by atoms with Crippen LogP contribution in [0, 0.1) is 0 Å². The Morgan fingerprint density at radius 2 is 1.76 bits per heavy atom. The molecule has 0 aliphatic carbocycles. The highest BCUT2D eigenvalue weighted by atomic mass is 16.5. The zero-order chi connectivity index (χ0) is 20.1. The van der Waals surface area contributed by atoms with Crippen molar-refractivity contribution in [3.63, 3.8) is 0 Å². The largest absolute Gasteiger partial charge is 0.484 e. The summed E-state index contributed by atoms with van der Waals surface area (Å²) in [6.07, 6.45) is 2.84. The van der Waals surface area contributed by atoms with E-state index in [1.54, 1.807) is 0 Å². The SMILES string of the molecule is CCc1ccc(OCC(=O)N2CCN(Cc3cccc4cccnc34)CC2)cc1. The fourth-order valence-electron chi connectivity index (χ4n) is 3.75. The molecule has 2 heterocycles. The van der Waals surface area contributed by atoms with Gasteiger partial charge < -0.3 is 9.64 Å². The summed E-state index contributed by atoms with van der Waals surface area (Å²) in [4.78, 5) is 21.3. The predicted molar refractivity (Wildman–Crippen MR) is 115 cm³/mol. The molecule has 5 nitrogen and oxygen atoms in total. The number of nitrogens with zero attached hydrogens (tertiary/aromatic N) is 3. The molecule has 29 heavy (non-hydrogen) atoms. The van der Waals surface area contributed by atoms with Crippen molar-refractivity contribution in [2.75, 3.05) is 32.8 Å². The number of para-hydroxylation sites is 1. The monoisotopic (exact) mass is 389 g/mol. The number of hydrogen-bond donors (Lipinski definition) is 0. The van der Waals surface area contributed by atoms with Crippen LogP contribution in [-0.2, 0) is 17.8 Å². The molecular formula is C24H27N3O2. The second-order valence-corrected chi connectivity index (χ2v) is 7.44. The number of carbonyl (C=O) groups excluding carboxylic acids is 1. The number of fused-ring (bicyclic) bond motifs is 1. The molecule has 0 radical (unpaired) electrons. The van der Waals surface area contributed by atoms with Gasteiger partial charge in [-0.05, 0) is 35.7 Å². The minimum atomic E-state index is 0.0519. The summed E-state index contributed by atoms with van der Waals surface area (Å²) in [5.74, 6) is 0.800. The van der Waals surface area contributed by atoms with Crippen molar-refractivity contribution in [2.45, 2.75) is 19.9 Å². The minimum Gasteiger partial charge on any atom is -0.484 e. The average Bonchev–Trinajstić information content (AvgIpc) is 2.78. The van der Waals surface area contributed by atoms with Gasteiger partial charge in [0.2, 0.25) is 0 Å². The van der Waals surface area contributed by atoms with Gasteiger partial charge in [0.1, 0.15) is 5.75 Å². The minimum absolute atomic E-state index is 0.0519. The number of hydrogen-bond acceptors (Lipinski definition) is 4. The summed E-state index contributed by atoms with van der Waals surface area (Å²) in [6.45, 7) is 6.26. The Kier molecular flexibility index (Phi) is 6.06. The Labute approximate surface area is 171 Å². The number of ether oxygens (including phenoxy) is 1. The molecule has 1 aliphatic rings. The Morgan fingerprint density at radius 1 is 1.00 bits per heavy atom. The highest BCUT2D eigenvalue weighted by Gasteiger charge is 2.22. The highest BCUT2D eigenvalue weighted by molar-refractivity contribution is 5.81. The summed E-state index contributed by atoms with van der Waals surface area (Å²) in [5, 5.41) is 1.17. The zero-order valence-corrected chi connectivity index (χ0v) is 16.9. The van der Waals surface area contributed by atoms with Gasteiger partial charge in [-0.15, -0.1) is 0 Å². The van der Waals surface area contributed by atoms with Crippen molar-refractivity contribution in [2.24, 2.45) is 0 Å². The lowest BCUT2D eigenvalue weighted by molar-refractivity contribution is -0.135. The molecule has 1 aliphatic heterocycles. The number of rotatable bonds is 6. The van der Waals surface area contributed by atoms with Crippen LogP contribution in [0.25, 0.3) is 10.9 Å². The first kappa shape index (κ1) is 19.4. The first-order valence-corrected chi connectivity index (χ1v) is 10.3. The molecule has 1 saturated heterocycles. The normalized spacial score (nSPS) is 14.9. The van der Waals surface area contributed by atoms with Crippen LogP contribution in [0.2, 0.25) is 0 Å². The molecule has 3 aromatic rings. The van der Waals surface area contributed by atoms with E-state index in [-0.39, 0.29) is 12.5 Å². The third-order valence-corrected chi connectivity index (χ3v) is 5.53. The number of piperazine rings is 1. The molecule has 0 unspecified atom stereocenters. The number of amides is 1. The molecule has 0 spiro atoms. The summed E-state index contributed by atoms with van der Waals surface area (Å²) in [5.41, 5.74) is 3.57. The van der Waals surface area contributed by atoms with Gasteiger partial charge in [0.05, 0.1) is 5.52 Å². The zero-order valence-electron chi connectivity index (χ0n) is 16.9. The van der Waals surface area contributed by atoms with Gasteiger partial charge in [-0.25, -0.2) is 0 Å². The van der Waals surface area contributed by atoms with Gasteiger partial charge in [-0.2, -0.15) is 0 Å². The van der Waals surface area contributed by atoms with Gasteiger partial charge in [0.25, 0.3) is 5.91 Å². The maximum Gasteiger partial charge on any atom is 0.260 e. The van der Waals surface area contributed by atoms with Crippen molar-refractivity contribution in [1.29, 1.82) is 0 Å². The van der Waals surface area contributed by atoms with E-state index >= 15 is 0 Å². The van der Waals surface area contributed by atoms with Crippen molar-refractivity contribution in [3.05, 3.63) is 71.9 Å². The van der Waals surface area contributed by atoms with Gasteiger partial charge >= 0.3 is 0 Å². The molecule has 0 atom stereocenters. The fourth-order valence-corrected chi connectivity index (χ4v) is 3.75. The van der Waals surface area contributed by atoms with Crippen molar-refractivity contribution in [3.8, 4) is 5.75 Å². The van der Waals surface area contributed by atoms with Crippen molar-refractivity contribution in [1.82, 2.24) is 14.8 Å². The fraction of sp³-hybridized carbons (Fsp3) is 0.333. The van der Waals surface area contributed by atoms with E-state index in [2.05, 4.69) is 41.1 Å². The van der Waals surface area contributed by atoms with E-state index in [1.165, 1.54) is 16.5 Å². The Hall–Kier alpha value is -2.92. The van der Waals surface area contributed by atoms with Crippen LogP contribution in [0.4, 0.5) is 0 Å². The highest BCUT2D eigenvalue weighted by Crippen LogP contribution is 2.18. The van der Waals surface area contributed by atoms with E-state index < -0.39 is 0 Å². The molecule has 1 fully saturated rings. The Balaban J connectivity index is 1.28. The standard InChI is InChI=1S/C24H27N3O2/c1-2-19-8-10-22(11-9-19)29-18-23(28)27-15-13-26(14-16-27)17-21-6-3-5-20-7-4-12-25-24(20)21/h3-12H,2,13-18H2,1H3. The number of aryl methyl sites for hydroxylation is 1. The quantitative estimate of drug-likeness (QED) is 0.647.